The molecule has 154 valence electrons. The summed E-state index contributed by atoms with van der Waals surface area (Å²) in [6, 6.07) is 8.62. The molecule has 3 aromatic rings. The van der Waals surface area contributed by atoms with Crippen molar-refractivity contribution in [3.8, 4) is 0 Å². The van der Waals surface area contributed by atoms with Crippen LogP contribution in [0.15, 0.2) is 29.3 Å². The molecule has 29 heavy (non-hydrogen) atoms. The average Bonchev–Trinajstić information content (AvgIpc) is 2.95. The Morgan fingerprint density at radius 3 is 2.52 bits per heavy atom. The molecule has 0 fully saturated rings. The van der Waals surface area contributed by atoms with Crippen LogP contribution in [0.2, 0.25) is 0 Å². The van der Waals surface area contributed by atoms with Crippen LogP contribution >= 0.6 is 11.8 Å². The van der Waals surface area contributed by atoms with Gasteiger partial charge in [0.1, 0.15) is 0 Å². The first-order valence-electron chi connectivity index (χ1n) is 9.95. The molecule has 0 spiro atoms. The van der Waals surface area contributed by atoms with Gasteiger partial charge in [0.05, 0.1) is 28.9 Å². The summed E-state index contributed by atoms with van der Waals surface area (Å²) < 4.78 is 7.47. The number of nitrogens with zero attached hydrogens (tertiary/aromatic N) is 2. The number of ketones is 1. The molecule has 0 aliphatic rings. The number of fused-ring (bicyclic) bond motifs is 1. The van der Waals surface area contributed by atoms with E-state index in [-0.39, 0.29) is 11.8 Å². The van der Waals surface area contributed by atoms with Crippen LogP contribution in [0.5, 0.6) is 0 Å². The Bertz CT molecular complexity index is 1070. The van der Waals surface area contributed by atoms with Crippen molar-refractivity contribution in [2.45, 2.75) is 52.6 Å². The third kappa shape index (κ3) is 4.41. The number of carbonyl (C=O) groups excluding carboxylic acids is 1. The number of aryl methyl sites for hydroxylation is 4. The van der Waals surface area contributed by atoms with Crippen molar-refractivity contribution in [3.63, 3.8) is 0 Å². The highest BCUT2D eigenvalue weighted by Gasteiger charge is 2.19. The molecule has 0 aliphatic carbocycles. The van der Waals surface area contributed by atoms with Crippen molar-refractivity contribution < 1.29 is 9.53 Å². The van der Waals surface area contributed by atoms with Crippen LogP contribution in [-0.4, -0.2) is 34.8 Å². The molecule has 0 saturated carbocycles. The normalized spacial score (nSPS) is 12.5. The molecule has 4 nitrogen and oxygen atoms in total. The summed E-state index contributed by atoms with van der Waals surface area (Å²) in [7, 11) is 1.70. The predicted molar refractivity (Wildman–Crippen MR) is 122 cm³/mol. The standard InChI is InChI=1S/C24H30N2O2S/c1-14-8-16(3)24-20(9-14)15(2)10-23(25-24)29-13-22(27)21-11-17(4)26(19(21)6)18(5)12-28-7/h8-11,18H,12-13H2,1-7H3/t18-/m0/s1. The monoisotopic (exact) mass is 410 g/mol. The van der Waals surface area contributed by atoms with Gasteiger partial charge in [-0.3, -0.25) is 4.79 Å². The molecule has 0 aliphatic heterocycles. The van der Waals surface area contributed by atoms with Gasteiger partial charge in [-0.25, -0.2) is 4.98 Å². The van der Waals surface area contributed by atoms with Crippen molar-refractivity contribution in [1.29, 1.82) is 0 Å². The number of Topliss-reactive ketones (excluding diaryl/α,β-unsaturated/α-hetero) is 1. The molecule has 1 aromatic carbocycles. The van der Waals surface area contributed by atoms with E-state index in [1.54, 1.807) is 7.11 Å². The van der Waals surface area contributed by atoms with Gasteiger partial charge in [0.25, 0.3) is 0 Å². The lowest BCUT2D eigenvalue weighted by molar-refractivity contribution is 0.102. The largest absolute Gasteiger partial charge is 0.383 e. The molecule has 0 unspecified atom stereocenters. The van der Waals surface area contributed by atoms with Crippen molar-refractivity contribution >= 4 is 28.4 Å². The summed E-state index contributed by atoms with van der Waals surface area (Å²) in [6.45, 7) is 13.1. The maximum absolute atomic E-state index is 13.0. The number of aromatic nitrogens is 2. The molecular weight excluding hydrogens is 380 g/mol. The second-order valence-corrected chi connectivity index (χ2v) is 8.92. The van der Waals surface area contributed by atoms with Gasteiger partial charge in [0.2, 0.25) is 0 Å². The van der Waals surface area contributed by atoms with Crippen LogP contribution in [0.25, 0.3) is 10.9 Å². The van der Waals surface area contributed by atoms with E-state index >= 15 is 0 Å². The van der Waals surface area contributed by atoms with Crippen LogP contribution in [-0.2, 0) is 4.74 Å². The van der Waals surface area contributed by atoms with E-state index in [1.165, 1.54) is 33.8 Å². The third-order valence-corrected chi connectivity index (χ3v) is 6.33. The minimum Gasteiger partial charge on any atom is -0.383 e. The minimum absolute atomic E-state index is 0.138. The topological polar surface area (TPSA) is 44.1 Å². The lowest BCUT2D eigenvalue weighted by Crippen LogP contribution is -2.14. The van der Waals surface area contributed by atoms with Gasteiger partial charge in [-0.2, -0.15) is 0 Å². The number of carbonyl (C=O) groups is 1. The van der Waals surface area contributed by atoms with Crippen LogP contribution in [0.4, 0.5) is 0 Å². The second-order valence-electron chi connectivity index (χ2n) is 7.93. The van der Waals surface area contributed by atoms with Gasteiger partial charge >= 0.3 is 0 Å². The zero-order valence-corrected chi connectivity index (χ0v) is 19.2. The molecule has 0 amide bonds. The summed E-state index contributed by atoms with van der Waals surface area (Å²) in [5.41, 5.74) is 7.53. The van der Waals surface area contributed by atoms with Crippen molar-refractivity contribution in [2.24, 2.45) is 0 Å². The van der Waals surface area contributed by atoms with E-state index in [1.807, 2.05) is 19.9 Å². The van der Waals surface area contributed by atoms with Gasteiger partial charge in [-0.05, 0) is 70.9 Å². The summed E-state index contributed by atoms with van der Waals surface area (Å²) in [5.74, 6) is 0.519. The van der Waals surface area contributed by atoms with Gasteiger partial charge in [-0.15, -0.1) is 0 Å². The third-order valence-electron chi connectivity index (χ3n) is 5.42. The maximum Gasteiger partial charge on any atom is 0.174 e. The highest BCUT2D eigenvalue weighted by atomic mass is 32.2. The van der Waals surface area contributed by atoms with E-state index in [0.29, 0.717) is 12.4 Å². The van der Waals surface area contributed by atoms with Crippen LogP contribution in [0.3, 0.4) is 0 Å². The van der Waals surface area contributed by atoms with Crippen molar-refractivity contribution in [3.05, 3.63) is 57.9 Å². The lowest BCUT2D eigenvalue weighted by Gasteiger charge is -2.17. The average molecular weight is 411 g/mol. The fourth-order valence-electron chi connectivity index (χ4n) is 4.16. The smallest absolute Gasteiger partial charge is 0.174 e. The number of hydrogen-bond donors (Lipinski definition) is 0. The van der Waals surface area contributed by atoms with E-state index < -0.39 is 0 Å². The van der Waals surface area contributed by atoms with Crippen molar-refractivity contribution in [2.75, 3.05) is 19.5 Å². The predicted octanol–water partition coefficient (Wildman–Crippen LogP) is 5.76. The number of ether oxygens (including phenoxy) is 1. The first-order valence-corrected chi connectivity index (χ1v) is 10.9. The van der Waals surface area contributed by atoms with Gasteiger partial charge in [0, 0.05) is 29.4 Å². The van der Waals surface area contributed by atoms with E-state index in [0.717, 1.165) is 27.5 Å². The quantitative estimate of drug-likeness (QED) is 0.367. The molecule has 2 aromatic heterocycles. The van der Waals surface area contributed by atoms with E-state index in [9.17, 15) is 4.79 Å². The molecular formula is C24H30N2O2S. The SMILES string of the molecule is COC[C@H](C)n1c(C)cc(C(=O)CSc2cc(C)c3cc(C)cc(C)c3n2)c1C. The molecule has 5 heteroatoms. The van der Waals surface area contributed by atoms with Crippen molar-refractivity contribution in [1.82, 2.24) is 9.55 Å². The fraction of sp³-hybridized carbons (Fsp3) is 0.417. The molecule has 0 saturated heterocycles. The Labute approximate surface area is 177 Å². The molecule has 1 atom stereocenters. The Morgan fingerprint density at radius 1 is 1.10 bits per heavy atom. The molecule has 0 N–H and O–H groups in total. The van der Waals surface area contributed by atoms with Crippen LogP contribution in [0.1, 0.15) is 51.4 Å². The lowest BCUT2D eigenvalue weighted by atomic mass is 10.0. The minimum atomic E-state index is 0.138. The number of pyridine rings is 1. The number of methoxy groups -OCH3 is 1. The summed E-state index contributed by atoms with van der Waals surface area (Å²) in [4.78, 5) is 17.8. The Hall–Kier alpha value is -2.11. The first-order chi connectivity index (χ1) is 13.7. The molecule has 0 radical (unpaired) electrons. The highest BCUT2D eigenvalue weighted by molar-refractivity contribution is 7.99. The maximum atomic E-state index is 13.0. The van der Waals surface area contributed by atoms with Gasteiger partial charge < -0.3 is 9.30 Å². The Kier molecular flexibility index (Phi) is 6.49. The Morgan fingerprint density at radius 2 is 1.83 bits per heavy atom. The van der Waals surface area contributed by atoms with Gasteiger partial charge in [-0.1, -0.05) is 23.4 Å². The summed E-state index contributed by atoms with van der Waals surface area (Å²) in [6.07, 6.45) is 0. The molecule has 2 heterocycles. The van der Waals surface area contributed by atoms with E-state index in [4.69, 9.17) is 9.72 Å². The number of thioether (sulfide) groups is 1. The molecule has 3 rings (SSSR count). The molecule has 0 bridgehead atoms. The van der Waals surface area contributed by atoms with Crippen LogP contribution < -0.4 is 0 Å². The highest BCUT2D eigenvalue weighted by Crippen LogP contribution is 2.28. The van der Waals surface area contributed by atoms with Crippen LogP contribution in [0, 0.1) is 34.6 Å². The van der Waals surface area contributed by atoms with Gasteiger partial charge in [0.15, 0.2) is 5.78 Å². The first kappa shape index (κ1) is 21.6. The number of hydrogen-bond acceptors (Lipinski definition) is 4. The Balaban J connectivity index is 1.82. The zero-order chi connectivity index (χ0) is 21.3. The van der Waals surface area contributed by atoms with E-state index in [2.05, 4.69) is 50.5 Å². The second kappa shape index (κ2) is 8.72. The fourth-order valence-corrected chi connectivity index (χ4v) is 5.01. The number of rotatable bonds is 7. The number of benzene rings is 1. The summed E-state index contributed by atoms with van der Waals surface area (Å²) in [5, 5.41) is 2.09. The summed E-state index contributed by atoms with van der Waals surface area (Å²) >= 11 is 1.51. The zero-order valence-electron chi connectivity index (χ0n) is 18.4.